The van der Waals surface area contributed by atoms with Crippen molar-refractivity contribution in [1.82, 2.24) is 26.1 Å². The number of rotatable bonds is 6. The number of imidazole rings is 1. The molecule has 0 spiro atoms. The normalized spacial score (nSPS) is 11.8. The van der Waals surface area contributed by atoms with Crippen molar-refractivity contribution in [2.45, 2.75) is 45.4 Å². The average Bonchev–Trinajstić information content (AvgIpc) is 3.16. The Morgan fingerprint density at radius 1 is 1.10 bits per heavy atom. The summed E-state index contributed by atoms with van der Waals surface area (Å²) in [7, 11) is 0. The van der Waals surface area contributed by atoms with E-state index in [0.717, 1.165) is 5.56 Å². The molecule has 10 heteroatoms. The average molecular weight is 403 g/mol. The Morgan fingerprint density at radius 3 is 2.45 bits per heavy atom. The summed E-state index contributed by atoms with van der Waals surface area (Å²) in [6.07, 6.45) is 1.50. The smallest absolute Gasteiger partial charge is 0.426 e. The number of hydrogen-bond acceptors (Lipinski definition) is 6. The van der Waals surface area contributed by atoms with Crippen molar-refractivity contribution in [1.29, 1.82) is 0 Å². The van der Waals surface area contributed by atoms with Crippen molar-refractivity contribution in [2.75, 3.05) is 0 Å². The van der Waals surface area contributed by atoms with Crippen molar-refractivity contribution in [2.24, 2.45) is 0 Å². The minimum absolute atomic E-state index is 0.0568. The molecule has 1 aromatic carbocycles. The predicted molar refractivity (Wildman–Crippen MR) is 103 cm³/mol. The van der Waals surface area contributed by atoms with Crippen LogP contribution in [0.2, 0.25) is 0 Å². The van der Waals surface area contributed by atoms with Gasteiger partial charge in [-0.1, -0.05) is 30.3 Å². The molecule has 10 nitrogen and oxygen atoms in total. The molecule has 3 amide bonds. The van der Waals surface area contributed by atoms with E-state index in [-0.39, 0.29) is 13.0 Å². The molecule has 0 saturated heterocycles. The van der Waals surface area contributed by atoms with Crippen LogP contribution in [-0.2, 0) is 27.3 Å². The lowest BCUT2D eigenvalue weighted by molar-refractivity contribution is -0.124. The third-order valence-electron chi connectivity index (χ3n) is 3.49. The Hall–Kier alpha value is -3.56. The first kappa shape index (κ1) is 21.7. The Kier molecular flexibility index (Phi) is 7.58. The van der Waals surface area contributed by atoms with Gasteiger partial charge in [0.05, 0.1) is 6.33 Å². The van der Waals surface area contributed by atoms with Crippen molar-refractivity contribution < 1.29 is 23.9 Å². The molecule has 0 aliphatic carbocycles. The number of benzene rings is 1. The topological polar surface area (TPSA) is 134 Å². The number of alkyl carbamates (subject to hydrolysis) is 1. The molecule has 0 aliphatic rings. The van der Waals surface area contributed by atoms with E-state index < -0.39 is 29.7 Å². The Morgan fingerprint density at radius 2 is 1.83 bits per heavy atom. The second-order valence-corrected chi connectivity index (χ2v) is 7.16. The summed E-state index contributed by atoms with van der Waals surface area (Å²) in [5, 5.41) is 2.48. The van der Waals surface area contributed by atoms with Gasteiger partial charge in [-0.2, -0.15) is 0 Å². The second-order valence-electron chi connectivity index (χ2n) is 7.16. The first-order valence-corrected chi connectivity index (χ1v) is 8.96. The minimum Gasteiger partial charge on any atom is -0.445 e. The third kappa shape index (κ3) is 8.33. The summed E-state index contributed by atoms with van der Waals surface area (Å²) in [5.41, 5.74) is 5.09. The number of carbonyl (C=O) groups is 3. The van der Waals surface area contributed by atoms with Gasteiger partial charge in [0.25, 0.3) is 5.91 Å². The molecule has 1 atom stereocenters. The highest BCUT2D eigenvalue weighted by Gasteiger charge is 2.24. The number of ether oxygens (including phenoxy) is 2. The van der Waals surface area contributed by atoms with Gasteiger partial charge in [0.15, 0.2) is 0 Å². The lowest BCUT2D eigenvalue weighted by Crippen LogP contribution is -2.53. The van der Waals surface area contributed by atoms with Crippen LogP contribution in [0.4, 0.5) is 9.59 Å². The van der Waals surface area contributed by atoms with Crippen LogP contribution in [-0.4, -0.2) is 39.7 Å². The molecule has 0 saturated carbocycles. The summed E-state index contributed by atoms with van der Waals surface area (Å²) in [6, 6.07) is 8.11. The van der Waals surface area contributed by atoms with Crippen LogP contribution < -0.4 is 16.2 Å². The number of nitrogens with one attached hydrogen (secondary N) is 4. The van der Waals surface area contributed by atoms with E-state index in [1.165, 1.54) is 12.5 Å². The molecule has 2 rings (SSSR count). The van der Waals surface area contributed by atoms with E-state index in [1.54, 1.807) is 20.8 Å². The summed E-state index contributed by atoms with van der Waals surface area (Å²) < 4.78 is 10.2. The van der Waals surface area contributed by atoms with Gasteiger partial charge in [-0.05, 0) is 26.3 Å². The van der Waals surface area contributed by atoms with Gasteiger partial charge in [0.2, 0.25) is 0 Å². The Balaban J connectivity index is 1.92. The fraction of sp³-hybridized carbons (Fsp3) is 0.368. The number of hydrazine groups is 1. The molecule has 0 fully saturated rings. The molecule has 156 valence electrons. The molecular weight excluding hydrogens is 378 g/mol. The summed E-state index contributed by atoms with van der Waals surface area (Å²) in [6.45, 7) is 5.14. The molecule has 1 aromatic heterocycles. The minimum atomic E-state index is -1.02. The quantitative estimate of drug-likeness (QED) is 0.543. The highest BCUT2D eigenvalue weighted by atomic mass is 16.6. The monoisotopic (exact) mass is 403 g/mol. The van der Waals surface area contributed by atoms with E-state index in [1.807, 2.05) is 30.3 Å². The Labute approximate surface area is 168 Å². The van der Waals surface area contributed by atoms with Crippen LogP contribution in [0, 0.1) is 0 Å². The number of hydrogen-bond donors (Lipinski definition) is 4. The summed E-state index contributed by atoms with van der Waals surface area (Å²) >= 11 is 0. The maximum Gasteiger partial charge on any atom is 0.426 e. The van der Waals surface area contributed by atoms with Crippen molar-refractivity contribution in [3.63, 3.8) is 0 Å². The number of aromatic amines is 1. The molecule has 4 N–H and O–H groups in total. The molecule has 0 aliphatic heterocycles. The Bertz CT molecular complexity index is 802. The molecule has 29 heavy (non-hydrogen) atoms. The SMILES string of the molecule is CC(C)(C)OC(=O)NNC(=O)C(Cc1cnc[nH]1)NC(=O)OCc1ccccc1. The van der Waals surface area contributed by atoms with Gasteiger partial charge < -0.3 is 19.8 Å². The molecule has 1 unspecified atom stereocenters. The zero-order chi connectivity index (χ0) is 21.3. The number of carbonyl (C=O) groups excluding carboxylic acids is 3. The van der Waals surface area contributed by atoms with Gasteiger partial charge >= 0.3 is 12.2 Å². The number of H-pyrrole nitrogens is 1. The van der Waals surface area contributed by atoms with Gasteiger partial charge in [-0.25, -0.2) is 20.0 Å². The van der Waals surface area contributed by atoms with Crippen LogP contribution in [0.15, 0.2) is 42.9 Å². The molecule has 0 bridgehead atoms. The molecular formula is C19H25N5O5. The highest BCUT2D eigenvalue weighted by molar-refractivity contribution is 5.87. The van der Waals surface area contributed by atoms with Crippen LogP contribution in [0.25, 0.3) is 0 Å². The summed E-state index contributed by atoms with van der Waals surface area (Å²) in [4.78, 5) is 43.0. The number of amides is 3. The highest BCUT2D eigenvalue weighted by Crippen LogP contribution is 2.06. The van der Waals surface area contributed by atoms with E-state index in [2.05, 4.69) is 26.1 Å². The summed E-state index contributed by atoms with van der Waals surface area (Å²) in [5.74, 6) is -0.651. The first-order chi connectivity index (χ1) is 13.7. The van der Waals surface area contributed by atoms with E-state index in [4.69, 9.17) is 9.47 Å². The van der Waals surface area contributed by atoms with E-state index >= 15 is 0 Å². The fourth-order valence-electron chi connectivity index (χ4n) is 2.24. The van der Waals surface area contributed by atoms with Gasteiger partial charge in [-0.15, -0.1) is 0 Å². The number of aromatic nitrogens is 2. The second kappa shape index (κ2) is 10.1. The van der Waals surface area contributed by atoms with Crippen LogP contribution in [0.1, 0.15) is 32.0 Å². The lowest BCUT2D eigenvalue weighted by Gasteiger charge is -2.21. The van der Waals surface area contributed by atoms with Crippen molar-refractivity contribution >= 4 is 18.1 Å². The zero-order valence-electron chi connectivity index (χ0n) is 16.5. The fourth-order valence-corrected chi connectivity index (χ4v) is 2.24. The molecule has 0 radical (unpaired) electrons. The van der Waals surface area contributed by atoms with E-state index in [9.17, 15) is 14.4 Å². The van der Waals surface area contributed by atoms with Crippen molar-refractivity contribution in [3.8, 4) is 0 Å². The third-order valence-corrected chi connectivity index (χ3v) is 3.49. The first-order valence-electron chi connectivity index (χ1n) is 8.96. The van der Waals surface area contributed by atoms with Gasteiger partial charge in [0.1, 0.15) is 18.2 Å². The van der Waals surface area contributed by atoms with Crippen LogP contribution >= 0.6 is 0 Å². The standard InChI is InChI=1S/C19H25N5O5/c1-19(2,3)29-18(27)24-23-16(25)15(9-14-10-20-12-21-14)22-17(26)28-11-13-7-5-4-6-8-13/h4-8,10,12,15H,9,11H2,1-3H3,(H,20,21)(H,22,26)(H,23,25)(H,24,27). The van der Waals surface area contributed by atoms with Crippen molar-refractivity contribution in [3.05, 3.63) is 54.1 Å². The largest absolute Gasteiger partial charge is 0.445 e. The molecule has 1 heterocycles. The maximum absolute atomic E-state index is 12.5. The maximum atomic E-state index is 12.5. The molecule has 2 aromatic rings. The van der Waals surface area contributed by atoms with E-state index in [0.29, 0.717) is 5.69 Å². The predicted octanol–water partition coefficient (Wildman–Crippen LogP) is 1.80. The number of nitrogens with zero attached hydrogens (tertiary/aromatic N) is 1. The van der Waals surface area contributed by atoms with Crippen LogP contribution in [0.5, 0.6) is 0 Å². The zero-order valence-corrected chi connectivity index (χ0v) is 16.5. The lowest BCUT2D eigenvalue weighted by atomic mass is 10.1. The van der Waals surface area contributed by atoms with Crippen LogP contribution in [0.3, 0.4) is 0 Å². The van der Waals surface area contributed by atoms with Gasteiger partial charge in [0, 0.05) is 18.3 Å². The van der Waals surface area contributed by atoms with Gasteiger partial charge in [-0.3, -0.25) is 10.2 Å².